The van der Waals surface area contributed by atoms with E-state index in [2.05, 4.69) is 23.2 Å². The van der Waals surface area contributed by atoms with Crippen molar-refractivity contribution in [3.8, 4) is 0 Å². The standard InChI is InChI=1S/C20H27N3O3/c1-15-12-16(2-3-17(15)22-8-10-26-11-9-22)19(25)23-6-4-20(5-7-23)13-18(24)21-14-20/h2-3,12H,4-11,13-14H2,1H3,(H,21,24). The Kier molecular flexibility index (Phi) is 4.61. The van der Waals surface area contributed by atoms with E-state index in [1.807, 2.05) is 17.0 Å². The van der Waals surface area contributed by atoms with Crippen LogP contribution in [0.2, 0.25) is 0 Å². The monoisotopic (exact) mass is 357 g/mol. The van der Waals surface area contributed by atoms with Gasteiger partial charge in [0.05, 0.1) is 13.2 Å². The lowest BCUT2D eigenvalue weighted by molar-refractivity contribution is -0.119. The summed E-state index contributed by atoms with van der Waals surface area (Å²) in [6, 6.07) is 6.03. The third-order valence-corrected chi connectivity index (χ3v) is 6.10. The van der Waals surface area contributed by atoms with Crippen LogP contribution in [0.4, 0.5) is 5.69 Å². The quantitative estimate of drug-likeness (QED) is 0.873. The van der Waals surface area contributed by atoms with Gasteiger partial charge in [-0.25, -0.2) is 0 Å². The number of benzene rings is 1. The number of nitrogens with one attached hydrogen (secondary N) is 1. The topological polar surface area (TPSA) is 61.9 Å². The summed E-state index contributed by atoms with van der Waals surface area (Å²) >= 11 is 0. The normalized spacial score (nSPS) is 22.6. The molecule has 0 radical (unpaired) electrons. The smallest absolute Gasteiger partial charge is 0.253 e. The van der Waals surface area contributed by atoms with Gasteiger partial charge in [-0.15, -0.1) is 0 Å². The summed E-state index contributed by atoms with van der Waals surface area (Å²) in [7, 11) is 0. The van der Waals surface area contributed by atoms with Gasteiger partial charge in [0.15, 0.2) is 0 Å². The Hall–Kier alpha value is -2.08. The molecular weight excluding hydrogens is 330 g/mol. The highest BCUT2D eigenvalue weighted by Crippen LogP contribution is 2.37. The second-order valence-corrected chi connectivity index (χ2v) is 7.85. The van der Waals surface area contributed by atoms with Crippen LogP contribution in [0.1, 0.15) is 35.2 Å². The molecule has 3 aliphatic heterocycles. The number of carbonyl (C=O) groups excluding carboxylic acids is 2. The van der Waals surface area contributed by atoms with Gasteiger partial charge in [-0.05, 0) is 48.9 Å². The molecule has 0 saturated carbocycles. The molecule has 1 spiro atoms. The van der Waals surface area contributed by atoms with Crippen LogP contribution in [-0.4, -0.2) is 62.7 Å². The number of hydrogen-bond acceptors (Lipinski definition) is 4. The summed E-state index contributed by atoms with van der Waals surface area (Å²) in [5.41, 5.74) is 3.16. The van der Waals surface area contributed by atoms with Gasteiger partial charge < -0.3 is 19.9 Å². The summed E-state index contributed by atoms with van der Waals surface area (Å²) < 4.78 is 5.42. The first kappa shape index (κ1) is 17.3. The van der Waals surface area contributed by atoms with Crippen LogP contribution < -0.4 is 10.2 Å². The van der Waals surface area contributed by atoms with E-state index >= 15 is 0 Å². The van der Waals surface area contributed by atoms with Crippen LogP contribution in [0.5, 0.6) is 0 Å². The van der Waals surface area contributed by atoms with Crippen molar-refractivity contribution in [1.29, 1.82) is 0 Å². The molecule has 3 saturated heterocycles. The third kappa shape index (κ3) is 3.30. The molecule has 3 heterocycles. The Labute approximate surface area is 154 Å². The lowest BCUT2D eigenvalue weighted by atomic mass is 9.77. The minimum atomic E-state index is 0.0734. The molecule has 140 valence electrons. The number of morpholine rings is 1. The molecule has 0 aliphatic carbocycles. The Morgan fingerprint density at radius 1 is 1.15 bits per heavy atom. The van der Waals surface area contributed by atoms with E-state index < -0.39 is 0 Å². The molecule has 0 aromatic heterocycles. The Balaban J connectivity index is 1.42. The van der Waals surface area contributed by atoms with Gasteiger partial charge >= 0.3 is 0 Å². The minimum absolute atomic E-state index is 0.0734. The number of amides is 2. The molecule has 2 amide bonds. The molecule has 3 fully saturated rings. The van der Waals surface area contributed by atoms with Crippen LogP contribution in [0.25, 0.3) is 0 Å². The van der Waals surface area contributed by atoms with Crippen molar-refractivity contribution < 1.29 is 14.3 Å². The summed E-state index contributed by atoms with van der Waals surface area (Å²) in [5.74, 6) is 0.257. The highest BCUT2D eigenvalue weighted by atomic mass is 16.5. The van der Waals surface area contributed by atoms with Crippen LogP contribution in [0.3, 0.4) is 0 Å². The van der Waals surface area contributed by atoms with Gasteiger partial charge in [-0.1, -0.05) is 0 Å². The van der Waals surface area contributed by atoms with Crippen molar-refractivity contribution in [2.75, 3.05) is 50.8 Å². The fourth-order valence-electron chi connectivity index (χ4n) is 4.42. The van der Waals surface area contributed by atoms with E-state index in [1.54, 1.807) is 0 Å². The maximum absolute atomic E-state index is 12.9. The van der Waals surface area contributed by atoms with Crippen LogP contribution in [0, 0.1) is 12.3 Å². The number of aryl methyl sites for hydroxylation is 1. The average Bonchev–Trinajstić information content (AvgIpc) is 3.02. The molecule has 1 aromatic rings. The maximum atomic E-state index is 12.9. The van der Waals surface area contributed by atoms with Crippen molar-refractivity contribution in [1.82, 2.24) is 10.2 Å². The highest BCUT2D eigenvalue weighted by molar-refractivity contribution is 5.95. The maximum Gasteiger partial charge on any atom is 0.253 e. The SMILES string of the molecule is Cc1cc(C(=O)N2CCC3(CC2)CNC(=O)C3)ccc1N1CCOCC1. The average molecular weight is 357 g/mol. The van der Waals surface area contributed by atoms with Gasteiger partial charge in [-0.3, -0.25) is 9.59 Å². The number of piperidine rings is 1. The van der Waals surface area contributed by atoms with E-state index in [4.69, 9.17) is 4.74 Å². The van der Waals surface area contributed by atoms with E-state index in [-0.39, 0.29) is 17.2 Å². The molecule has 6 heteroatoms. The Morgan fingerprint density at radius 3 is 2.50 bits per heavy atom. The largest absolute Gasteiger partial charge is 0.378 e. The molecule has 1 aromatic carbocycles. The number of likely N-dealkylation sites (tertiary alicyclic amines) is 1. The number of rotatable bonds is 2. The number of nitrogens with zero attached hydrogens (tertiary/aromatic N) is 2. The summed E-state index contributed by atoms with van der Waals surface area (Å²) in [4.78, 5) is 28.7. The zero-order valence-electron chi connectivity index (χ0n) is 15.4. The molecule has 3 aliphatic rings. The second kappa shape index (κ2) is 6.91. The highest BCUT2D eigenvalue weighted by Gasteiger charge is 2.41. The van der Waals surface area contributed by atoms with Gasteiger partial charge in [-0.2, -0.15) is 0 Å². The summed E-state index contributed by atoms with van der Waals surface area (Å²) in [6.07, 6.45) is 2.42. The van der Waals surface area contributed by atoms with Gasteiger partial charge in [0, 0.05) is 50.4 Å². The minimum Gasteiger partial charge on any atom is -0.378 e. The molecule has 26 heavy (non-hydrogen) atoms. The van der Waals surface area contributed by atoms with Gasteiger partial charge in [0.25, 0.3) is 5.91 Å². The Morgan fingerprint density at radius 2 is 1.88 bits per heavy atom. The van der Waals surface area contributed by atoms with Gasteiger partial charge in [0.2, 0.25) is 5.91 Å². The second-order valence-electron chi connectivity index (χ2n) is 7.85. The molecule has 4 rings (SSSR count). The predicted molar refractivity (Wildman–Crippen MR) is 99.4 cm³/mol. The van der Waals surface area contributed by atoms with Crippen LogP contribution >= 0.6 is 0 Å². The lowest BCUT2D eigenvalue weighted by Crippen LogP contribution is -2.44. The first-order valence-electron chi connectivity index (χ1n) is 9.56. The number of ether oxygens (including phenoxy) is 1. The molecule has 1 N–H and O–H groups in total. The Bertz CT molecular complexity index is 704. The fourth-order valence-corrected chi connectivity index (χ4v) is 4.42. The number of carbonyl (C=O) groups is 2. The third-order valence-electron chi connectivity index (χ3n) is 6.10. The van der Waals surface area contributed by atoms with Crippen LogP contribution in [0.15, 0.2) is 18.2 Å². The van der Waals surface area contributed by atoms with Crippen molar-refractivity contribution in [2.24, 2.45) is 5.41 Å². The molecule has 0 atom stereocenters. The van der Waals surface area contributed by atoms with Crippen molar-refractivity contribution >= 4 is 17.5 Å². The zero-order chi connectivity index (χ0) is 18.1. The number of anilines is 1. The van der Waals surface area contributed by atoms with Gasteiger partial charge in [0.1, 0.15) is 0 Å². The van der Waals surface area contributed by atoms with Crippen molar-refractivity contribution in [3.63, 3.8) is 0 Å². The zero-order valence-corrected chi connectivity index (χ0v) is 15.4. The van der Waals surface area contributed by atoms with Crippen LogP contribution in [-0.2, 0) is 9.53 Å². The first-order valence-corrected chi connectivity index (χ1v) is 9.56. The van der Waals surface area contributed by atoms with E-state index in [0.29, 0.717) is 6.42 Å². The van der Waals surface area contributed by atoms with Crippen molar-refractivity contribution in [2.45, 2.75) is 26.2 Å². The van der Waals surface area contributed by atoms with Crippen molar-refractivity contribution in [3.05, 3.63) is 29.3 Å². The molecule has 0 unspecified atom stereocenters. The first-order chi connectivity index (χ1) is 12.6. The van der Waals surface area contributed by atoms with E-state index in [0.717, 1.165) is 69.9 Å². The predicted octanol–water partition coefficient (Wildman–Crippen LogP) is 1.57. The van der Waals surface area contributed by atoms with E-state index in [9.17, 15) is 9.59 Å². The lowest BCUT2D eigenvalue weighted by Gasteiger charge is -2.38. The summed E-state index contributed by atoms with van der Waals surface area (Å²) in [5, 5.41) is 2.94. The fraction of sp³-hybridized carbons (Fsp3) is 0.600. The summed E-state index contributed by atoms with van der Waals surface area (Å²) in [6.45, 7) is 7.62. The molecule has 0 bridgehead atoms. The number of hydrogen-bond donors (Lipinski definition) is 1. The van der Waals surface area contributed by atoms with E-state index in [1.165, 1.54) is 5.69 Å². The molecule has 6 nitrogen and oxygen atoms in total. The molecular formula is C20H27N3O3.